The van der Waals surface area contributed by atoms with Crippen molar-refractivity contribution in [2.75, 3.05) is 0 Å². The molecule has 0 aliphatic carbocycles. The molecule has 0 fully saturated rings. The highest BCUT2D eigenvalue weighted by Crippen LogP contribution is 2.20. The number of nitro benzene ring substituents is 1. The van der Waals surface area contributed by atoms with Crippen molar-refractivity contribution in [1.29, 1.82) is 0 Å². The zero-order valence-corrected chi connectivity index (χ0v) is 14.5. The van der Waals surface area contributed by atoms with Crippen molar-refractivity contribution in [3.05, 3.63) is 73.5 Å². The fourth-order valence-electron chi connectivity index (χ4n) is 1.99. The molecule has 7 nitrogen and oxygen atoms in total. The molecule has 0 radical (unpaired) electrons. The Labute approximate surface area is 149 Å². The number of nitro groups is 1. The summed E-state index contributed by atoms with van der Waals surface area (Å²) >= 11 is 8.59. The fourth-order valence-corrected chi connectivity index (χ4v) is 2.43. The van der Waals surface area contributed by atoms with E-state index in [0.717, 1.165) is 10.0 Å². The van der Waals surface area contributed by atoms with Gasteiger partial charge in [-0.25, -0.2) is 5.10 Å². The molecule has 1 aromatic heterocycles. The summed E-state index contributed by atoms with van der Waals surface area (Å²) in [5.74, 6) is 0.575. The maximum atomic E-state index is 10.7. The van der Waals surface area contributed by atoms with Crippen molar-refractivity contribution in [1.82, 2.24) is 14.9 Å². The zero-order chi connectivity index (χ0) is 17.1. The Morgan fingerprint density at radius 2 is 1.88 bits per heavy atom. The van der Waals surface area contributed by atoms with Gasteiger partial charge in [-0.2, -0.15) is 14.9 Å². The predicted molar refractivity (Wildman–Crippen MR) is 96.6 cm³/mol. The molecule has 0 atom stereocenters. The van der Waals surface area contributed by atoms with Crippen LogP contribution in [0.3, 0.4) is 0 Å². The molecule has 2 aromatic carbocycles. The van der Waals surface area contributed by atoms with Gasteiger partial charge in [0.25, 0.3) is 5.69 Å². The number of rotatable bonds is 4. The van der Waals surface area contributed by atoms with E-state index in [2.05, 4.69) is 31.2 Å². The lowest BCUT2D eigenvalue weighted by Crippen LogP contribution is -1.95. The van der Waals surface area contributed by atoms with Gasteiger partial charge in [0.1, 0.15) is 0 Å². The van der Waals surface area contributed by atoms with Crippen molar-refractivity contribution in [3.8, 4) is 11.4 Å². The largest absolute Gasteiger partial charge is 0.269 e. The van der Waals surface area contributed by atoms with E-state index in [4.69, 9.17) is 12.2 Å². The van der Waals surface area contributed by atoms with Crippen LogP contribution in [0.5, 0.6) is 0 Å². The molecule has 0 saturated heterocycles. The van der Waals surface area contributed by atoms with Gasteiger partial charge in [0.15, 0.2) is 5.82 Å². The number of non-ortho nitro benzene ring substituents is 1. The molecule has 0 amide bonds. The number of aromatic amines is 1. The van der Waals surface area contributed by atoms with Crippen LogP contribution in [0.1, 0.15) is 5.56 Å². The third-order valence-electron chi connectivity index (χ3n) is 3.18. The molecule has 0 spiro atoms. The molecule has 0 bridgehead atoms. The Bertz CT molecular complexity index is 961. The van der Waals surface area contributed by atoms with Gasteiger partial charge in [-0.3, -0.25) is 10.1 Å². The van der Waals surface area contributed by atoms with Crippen LogP contribution in [0.4, 0.5) is 5.69 Å². The highest BCUT2D eigenvalue weighted by atomic mass is 79.9. The number of hydrogen-bond acceptors (Lipinski definition) is 5. The van der Waals surface area contributed by atoms with Crippen molar-refractivity contribution >= 4 is 40.0 Å². The smallest absolute Gasteiger partial charge is 0.258 e. The maximum Gasteiger partial charge on any atom is 0.269 e. The highest BCUT2D eigenvalue weighted by Gasteiger charge is 2.08. The van der Waals surface area contributed by atoms with Crippen LogP contribution in [0.2, 0.25) is 0 Å². The number of benzene rings is 2. The van der Waals surface area contributed by atoms with Crippen LogP contribution in [0, 0.1) is 14.9 Å². The molecule has 0 saturated carbocycles. The molecule has 0 aliphatic rings. The average molecular weight is 404 g/mol. The molecular weight excluding hydrogens is 394 g/mol. The van der Waals surface area contributed by atoms with E-state index in [1.165, 1.54) is 16.8 Å². The van der Waals surface area contributed by atoms with Crippen LogP contribution in [-0.2, 0) is 0 Å². The standard InChI is InChI=1S/C15H10BrN5O2S/c16-12-5-3-11(4-6-12)14-18-19-15(24)20(14)17-9-10-1-7-13(8-2-10)21(22)23/h1-9H,(H,19,24)/b17-9-. The summed E-state index contributed by atoms with van der Waals surface area (Å²) in [5.41, 5.74) is 1.60. The minimum atomic E-state index is -0.446. The SMILES string of the molecule is O=[N+]([O-])c1ccc(/C=N\n2c(-c3ccc(Br)cc3)n[nH]c2=S)cc1. The quantitative estimate of drug-likeness (QED) is 0.306. The molecule has 1 heterocycles. The van der Waals surface area contributed by atoms with E-state index >= 15 is 0 Å². The summed E-state index contributed by atoms with van der Waals surface area (Å²) in [5, 5.41) is 21.9. The molecule has 24 heavy (non-hydrogen) atoms. The number of aromatic nitrogens is 3. The van der Waals surface area contributed by atoms with E-state index in [1.54, 1.807) is 18.3 Å². The summed E-state index contributed by atoms with van der Waals surface area (Å²) in [6.45, 7) is 0. The Kier molecular flexibility index (Phi) is 4.63. The molecule has 3 aromatic rings. The van der Waals surface area contributed by atoms with Crippen molar-refractivity contribution in [2.45, 2.75) is 0 Å². The number of nitrogens with zero attached hydrogens (tertiary/aromatic N) is 4. The van der Waals surface area contributed by atoms with Gasteiger partial charge in [-0.15, -0.1) is 0 Å². The van der Waals surface area contributed by atoms with E-state index in [0.29, 0.717) is 16.2 Å². The number of halogens is 1. The van der Waals surface area contributed by atoms with Gasteiger partial charge < -0.3 is 0 Å². The average Bonchev–Trinajstić information content (AvgIpc) is 2.95. The summed E-state index contributed by atoms with van der Waals surface area (Å²) in [6, 6.07) is 13.7. The first kappa shape index (κ1) is 16.2. The van der Waals surface area contributed by atoms with Gasteiger partial charge in [-0.1, -0.05) is 28.1 Å². The molecule has 9 heteroatoms. The topological polar surface area (TPSA) is 89.1 Å². The van der Waals surface area contributed by atoms with Gasteiger partial charge in [0.2, 0.25) is 4.77 Å². The third-order valence-corrected chi connectivity index (χ3v) is 3.97. The second-order valence-electron chi connectivity index (χ2n) is 4.76. The summed E-state index contributed by atoms with van der Waals surface area (Å²) in [4.78, 5) is 10.2. The van der Waals surface area contributed by atoms with Crippen LogP contribution in [-0.4, -0.2) is 26.0 Å². The lowest BCUT2D eigenvalue weighted by Gasteiger charge is -2.01. The molecule has 0 unspecified atom stereocenters. The third kappa shape index (κ3) is 3.47. The minimum Gasteiger partial charge on any atom is -0.258 e. The summed E-state index contributed by atoms with van der Waals surface area (Å²) in [6.07, 6.45) is 1.57. The Morgan fingerprint density at radius 1 is 1.21 bits per heavy atom. The number of H-pyrrole nitrogens is 1. The Balaban J connectivity index is 1.92. The first-order valence-electron chi connectivity index (χ1n) is 6.77. The van der Waals surface area contributed by atoms with Gasteiger partial charge in [0.05, 0.1) is 11.1 Å². The van der Waals surface area contributed by atoms with Gasteiger partial charge >= 0.3 is 0 Å². The first-order valence-corrected chi connectivity index (χ1v) is 7.97. The fraction of sp³-hybridized carbons (Fsp3) is 0. The lowest BCUT2D eigenvalue weighted by molar-refractivity contribution is -0.384. The summed E-state index contributed by atoms with van der Waals surface area (Å²) < 4.78 is 2.81. The minimum absolute atomic E-state index is 0.0302. The normalized spacial score (nSPS) is 11.0. The molecular formula is C15H10BrN5O2S. The maximum absolute atomic E-state index is 10.7. The molecule has 120 valence electrons. The van der Waals surface area contributed by atoms with Crippen LogP contribution in [0.25, 0.3) is 11.4 Å². The Hall–Kier alpha value is -2.65. The van der Waals surface area contributed by atoms with E-state index in [9.17, 15) is 10.1 Å². The zero-order valence-electron chi connectivity index (χ0n) is 12.1. The van der Waals surface area contributed by atoms with Gasteiger partial charge in [0, 0.05) is 22.2 Å². The number of nitrogens with one attached hydrogen (secondary N) is 1. The molecule has 3 rings (SSSR count). The van der Waals surface area contributed by atoms with Crippen LogP contribution < -0.4 is 0 Å². The van der Waals surface area contributed by atoms with Crippen molar-refractivity contribution in [2.24, 2.45) is 5.10 Å². The van der Waals surface area contributed by atoms with Crippen molar-refractivity contribution < 1.29 is 4.92 Å². The highest BCUT2D eigenvalue weighted by molar-refractivity contribution is 9.10. The van der Waals surface area contributed by atoms with E-state index in [1.807, 2.05) is 24.3 Å². The predicted octanol–water partition coefficient (Wildman–Crippen LogP) is 4.16. The Morgan fingerprint density at radius 3 is 2.50 bits per heavy atom. The molecule has 0 aliphatic heterocycles. The second kappa shape index (κ2) is 6.85. The van der Waals surface area contributed by atoms with E-state index < -0.39 is 4.92 Å². The summed E-state index contributed by atoms with van der Waals surface area (Å²) in [7, 11) is 0. The van der Waals surface area contributed by atoms with Crippen LogP contribution in [0.15, 0.2) is 58.1 Å². The van der Waals surface area contributed by atoms with Gasteiger partial charge in [-0.05, 0) is 42.0 Å². The molecule has 1 N–H and O–H groups in total. The van der Waals surface area contributed by atoms with E-state index in [-0.39, 0.29) is 5.69 Å². The second-order valence-corrected chi connectivity index (χ2v) is 6.07. The van der Waals surface area contributed by atoms with Crippen LogP contribution >= 0.6 is 28.1 Å². The van der Waals surface area contributed by atoms with Crippen molar-refractivity contribution in [3.63, 3.8) is 0 Å². The lowest BCUT2D eigenvalue weighted by atomic mass is 10.2. The monoisotopic (exact) mass is 403 g/mol. The first-order chi connectivity index (χ1) is 11.5. The number of hydrogen-bond donors (Lipinski definition) is 1.